The van der Waals surface area contributed by atoms with Gasteiger partial charge >= 0.3 is 0 Å². The number of rotatable bonds is 4. The topological polar surface area (TPSA) is 18.5 Å². The molecular weight excluding hydrogens is 234 g/mol. The van der Waals surface area contributed by atoms with Crippen molar-refractivity contribution in [1.29, 1.82) is 0 Å². The Labute approximate surface area is 119 Å². The molecule has 0 bridgehead atoms. The van der Waals surface area contributed by atoms with Gasteiger partial charge in [0.1, 0.15) is 0 Å². The number of allylic oxidation sites excluding steroid dienone is 1. The molecule has 2 aliphatic heterocycles. The molecule has 0 aromatic carbocycles. The quantitative estimate of drug-likeness (QED) is 0.785. The second-order valence-electron chi connectivity index (χ2n) is 6.62. The van der Waals surface area contributed by atoms with Gasteiger partial charge in [-0.15, -0.1) is 0 Å². The number of likely N-dealkylation sites (tertiary alicyclic amines) is 2. The van der Waals surface area contributed by atoms with E-state index in [9.17, 15) is 0 Å². The fourth-order valence-corrected chi connectivity index (χ4v) is 3.23. The van der Waals surface area contributed by atoms with Crippen molar-refractivity contribution in [3.8, 4) is 0 Å². The Hall–Kier alpha value is -0.380. The molecule has 0 amide bonds. The van der Waals surface area contributed by atoms with Crippen molar-refractivity contribution < 1.29 is 0 Å². The van der Waals surface area contributed by atoms with Crippen LogP contribution in [0.25, 0.3) is 0 Å². The highest BCUT2D eigenvalue weighted by molar-refractivity contribution is 4.96. The van der Waals surface area contributed by atoms with Crippen LogP contribution < -0.4 is 5.32 Å². The summed E-state index contributed by atoms with van der Waals surface area (Å²) in [5, 5.41) is 3.89. The average Bonchev–Trinajstić information content (AvgIpc) is 2.38. The summed E-state index contributed by atoms with van der Waals surface area (Å²) in [6.07, 6.45) is 7.70. The molecule has 0 aliphatic carbocycles. The minimum absolute atomic E-state index is 0.730. The molecule has 19 heavy (non-hydrogen) atoms. The van der Waals surface area contributed by atoms with Gasteiger partial charge in [0.25, 0.3) is 0 Å². The van der Waals surface area contributed by atoms with Crippen LogP contribution in [-0.4, -0.2) is 61.7 Å². The Morgan fingerprint density at radius 3 is 2.47 bits per heavy atom. The van der Waals surface area contributed by atoms with Gasteiger partial charge in [-0.05, 0) is 66.2 Å². The average molecular weight is 265 g/mol. The van der Waals surface area contributed by atoms with Gasteiger partial charge < -0.3 is 10.2 Å². The summed E-state index contributed by atoms with van der Waals surface area (Å²) in [5.41, 5.74) is 1.44. The molecule has 0 spiro atoms. The van der Waals surface area contributed by atoms with E-state index in [1.807, 2.05) is 0 Å². The van der Waals surface area contributed by atoms with Crippen molar-refractivity contribution in [2.24, 2.45) is 0 Å². The van der Waals surface area contributed by atoms with Crippen molar-refractivity contribution in [3.63, 3.8) is 0 Å². The third-order valence-electron chi connectivity index (χ3n) is 4.44. The third kappa shape index (κ3) is 5.25. The second kappa shape index (κ2) is 7.41. The molecule has 2 aliphatic rings. The van der Waals surface area contributed by atoms with Crippen molar-refractivity contribution in [2.75, 3.05) is 39.8 Å². The van der Waals surface area contributed by atoms with Gasteiger partial charge in [-0.25, -0.2) is 0 Å². The fourth-order valence-electron chi connectivity index (χ4n) is 3.23. The Morgan fingerprint density at radius 2 is 1.84 bits per heavy atom. The van der Waals surface area contributed by atoms with E-state index >= 15 is 0 Å². The molecule has 1 unspecified atom stereocenters. The van der Waals surface area contributed by atoms with Crippen LogP contribution >= 0.6 is 0 Å². The van der Waals surface area contributed by atoms with Crippen molar-refractivity contribution in [1.82, 2.24) is 15.1 Å². The first-order valence-corrected chi connectivity index (χ1v) is 7.94. The molecule has 0 saturated carbocycles. The molecule has 3 heteroatoms. The van der Waals surface area contributed by atoms with Crippen LogP contribution in [0.2, 0.25) is 0 Å². The maximum absolute atomic E-state index is 3.89. The number of piperidine rings is 2. The van der Waals surface area contributed by atoms with Gasteiger partial charge in [-0.1, -0.05) is 11.6 Å². The third-order valence-corrected chi connectivity index (χ3v) is 4.44. The highest BCUT2D eigenvalue weighted by Crippen LogP contribution is 2.14. The van der Waals surface area contributed by atoms with Crippen LogP contribution in [-0.2, 0) is 0 Å². The smallest absolute Gasteiger partial charge is 0.0197 e. The molecule has 1 N–H and O–H groups in total. The first kappa shape index (κ1) is 15.0. The molecule has 1 atom stereocenters. The van der Waals surface area contributed by atoms with Crippen molar-refractivity contribution in [2.45, 2.75) is 51.6 Å². The number of hydrogen-bond donors (Lipinski definition) is 1. The Bertz CT molecular complexity index is 288. The van der Waals surface area contributed by atoms with Crippen LogP contribution in [0.5, 0.6) is 0 Å². The zero-order valence-corrected chi connectivity index (χ0v) is 13.0. The van der Waals surface area contributed by atoms with Crippen LogP contribution in [0, 0.1) is 0 Å². The van der Waals surface area contributed by atoms with E-state index in [1.165, 1.54) is 57.4 Å². The maximum atomic E-state index is 3.89. The highest BCUT2D eigenvalue weighted by atomic mass is 15.2. The van der Waals surface area contributed by atoms with Crippen molar-refractivity contribution >= 4 is 0 Å². The molecular formula is C16H31N3. The van der Waals surface area contributed by atoms with Gasteiger partial charge in [0.15, 0.2) is 0 Å². The predicted molar refractivity (Wildman–Crippen MR) is 82.5 cm³/mol. The molecule has 2 heterocycles. The van der Waals surface area contributed by atoms with Gasteiger partial charge in [-0.2, -0.15) is 0 Å². The normalized spacial score (nSPS) is 27.4. The number of hydrogen-bond acceptors (Lipinski definition) is 3. The summed E-state index contributed by atoms with van der Waals surface area (Å²) in [5.74, 6) is 0. The maximum Gasteiger partial charge on any atom is 0.0197 e. The molecule has 110 valence electrons. The minimum Gasteiger partial charge on any atom is -0.310 e. The van der Waals surface area contributed by atoms with E-state index in [1.54, 1.807) is 0 Å². The summed E-state index contributed by atoms with van der Waals surface area (Å²) in [6, 6.07) is 1.48. The lowest BCUT2D eigenvalue weighted by Crippen LogP contribution is -2.51. The van der Waals surface area contributed by atoms with Gasteiger partial charge in [-0.3, -0.25) is 4.90 Å². The fraction of sp³-hybridized carbons (Fsp3) is 0.875. The lowest BCUT2D eigenvalue weighted by atomic mass is 10.0. The molecule has 2 rings (SSSR count). The lowest BCUT2D eigenvalue weighted by molar-refractivity contribution is 0.174. The second-order valence-corrected chi connectivity index (χ2v) is 6.62. The minimum atomic E-state index is 0.730. The predicted octanol–water partition coefficient (Wildman–Crippen LogP) is 2.10. The molecule has 0 aromatic rings. The first-order valence-electron chi connectivity index (χ1n) is 7.94. The first-order chi connectivity index (χ1) is 9.13. The Balaban J connectivity index is 1.67. The van der Waals surface area contributed by atoms with E-state index in [4.69, 9.17) is 0 Å². The standard InChI is InChI=1S/C16H31N3/c1-14(2)6-10-19-11-7-15(8-12-19)17-16-5-4-9-18(3)13-16/h6,15-17H,4-5,7-13H2,1-3H3. The zero-order valence-electron chi connectivity index (χ0n) is 13.0. The molecule has 2 fully saturated rings. The number of nitrogens with one attached hydrogen (secondary N) is 1. The molecule has 0 aromatic heterocycles. The zero-order chi connectivity index (χ0) is 13.7. The van der Waals surface area contributed by atoms with Crippen LogP contribution in [0.3, 0.4) is 0 Å². The van der Waals surface area contributed by atoms with Gasteiger partial charge in [0.2, 0.25) is 0 Å². The Kier molecular flexibility index (Phi) is 5.86. The van der Waals surface area contributed by atoms with Gasteiger partial charge in [0, 0.05) is 25.2 Å². The Morgan fingerprint density at radius 1 is 1.11 bits per heavy atom. The highest BCUT2D eigenvalue weighted by Gasteiger charge is 2.23. The van der Waals surface area contributed by atoms with E-state index in [2.05, 4.69) is 42.1 Å². The summed E-state index contributed by atoms with van der Waals surface area (Å²) in [4.78, 5) is 5.04. The van der Waals surface area contributed by atoms with E-state index in [-0.39, 0.29) is 0 Å². The summed E-state index contributed by atoms with van der Waals surface area (Å²) in [6.45, 7) is 10.5. The summed E-state index contributed by atoms with van der Waals surface area (Å²) in [7, 11) is 2.25. The molecule has 2 saturated heterocycles. The monoisotopic (exact) mass is 265 g/mol. The van der Waals surface area contributed by atoms with Crippen LogP contribution in [0.15, 0.2) is 11.6 Å². The van der Waals surface area contributed by atoms with Crippen molar-refractivity contribution in [3.05, 3.63) is 11.6 Å². The number of nitrogens with zero attached hydrogens (tertiary/aromatic N) is 2. The van der Waals surface area contributed by atoms with E-state index < -0.39 is 0 Å². The number of likely N-dealkylation sites (N-methyl/N-ethyl adjacent to an activating group) is 1. The summed E-state index contributed by atoms with van der Waals surface area (Å²) >= 11 is 0. The van der Waals surface area contributed by atoms with E-state index in [0.29, 0.717) is 0 Å². The van der Waals surface area contributed by atoms with Crippen LogP contribution in [0.4, 0.5) is 0 Å². The van der Waals surface area contributed by atoms with Gasteiger partial charge in [0.05, 0.1) is 0 Å². The summed E-state index contributed by atoms with van der Waals surface area (Å²) < 4.78 is 0. The molecule has 0 radical (unpaired) electrons. The largest absolute Gasteiger partial charge is 0.310 e. The lowest BCUT2D eigenvalue weighted by Gasteiger charge is -2.37. The molecule has 3 nitrogen and oxygen atoms in total. The SMILES string of the molecule is CC(C)=CCN1CCC(NC2CCCN(C)C2)CC1. The van der Waals surface area contributed by atoms with Crippen LogP contribution in [0.1, 0.15) is 39.5 Å². The van der Waals surface area contributed by atoms with E-state index in [0.717, 1.165) is 18.6 Å².